The van der Waals surface area contributed by atoms with Crippen molar-refractivity contribution in [3.8, 4) is 0 Å². The number of hydrogen-bond donors (Lipinski definition) is 2. The van der Waals surface area contributed by atoms with Gasteiger partial charge in [-0.05, 0) is 19.2 Å². The predicted octanol–water partition coefficient (Wildman–Crippen LogP) is 2.23. The number of para-hydroxylation sites is 1. The normalized spacial score (nSPS) is 15.4. The summed E-state index contributed by atoms with van der Waals surface area (Å²) in [6.45, 7) is 2.71. The zero-order valence-electron chi connectivity index (χ0n) is 10.7. The highest BCUT2D eigenvalue weighted by Gasteiger charge is 2.21. The van der Waals surface area contributed by atoms with Gasteiger partial charge in [0.15, 0.2) is 0 Å². The summed E-state index contributed by atoms with van der Waals surface area (Å²) in [6.07, 6.45) is 0.425. The van der Waals surface area contributed by atoms with Crippen molar-refractivity contribution in [2.45, 2.75) is 12.5 Å². The average Bonchev–Trinajstić information content (AvgIpc) is 2.29. The van der Waals surface area contributed by atoms with Gasteiger partial charge < -0.3 is 15.5 Å². The first-order chi connectivity index (χ1) is 9.08. The third-order valence-electron chi connectivity index (χ3n) is 3.30. The molecule has 2 rings (SSSR count). The number of benzene rings is 1. The first kappa shape index (κ1) is 14.6. The molecule has 104 valence electrons. The van der Waals surface area contributed by atoms with Gasteiger partial charge in [0.2, 0.25) is 5.91 Å². The molecule has 0 aliphatic carbocycles. The van der Waals surface area contributed by atoms with Gasteiger partial charge >= 0.3 is 0 Å². The van der Waals surface area contributed by atoms with E-state index in [0.29, 0.717) is 28.2 Å². The van der Waals surface area contributed by atoms with Gasteiger partial charge in [0.1, 0.15) is 0 Å². The maximum absolute atomic E-state index is 11.9. The highest BCUT2D eigenvalue weighted by atomic mass is 35.5. The summed E-state index contributed by atoms with van der Waals surface area (Å²) in [5.41, 5.74) is 0.490. The minimum absolute atomic E-state index is 0.0749. The van der Waals surface area contributed by atoms with Crippen LogP contribution in [0.2, 0.25) is 10.0 Å². The van der Waals surface area contributed by atoms with Crippen molar-refractivity contribution >= 4 is 34.8 Å². The molecule has 19 heavy (non-hydrogen) atoms. The fourth-order valence-electron chi connectivity index (χ4n) is 1.86. The number of anilines is 1. The fourth-order valence-corrected chi connectivity index (χ4v) is 2.36. The Morgan fingerprint density at radius 3 is 2.58 bits per heavy atom. The molecule has 0 saturated carbocycles. The molecule has 0 spiro atoms. The Morgan fingerprint density at radius 1 is 1.42 bits per heavy atom. The van der Waals surface area contributed by atoms with Crippen molar-refractivity contribution in [2.24, 2.45) is 0 Å². The first-order valence-corrected chi connectivity index (χ1v) is 6.98. The van der Waals surface area contributed by atoms with E-state index in [1.807, 2.05) is 7.05 Å². The summed E-state index contributed by atoms with van der Waals surface area (Å²) in [7, 11) is 2.03. The largest absolute Gasteiger partial charge is 0.324 e. The molecule has 1 heterocycles. The summed E-state index contributed by atoms with van der Waals surface area (Å²) in [5, 5.41) is 6.88. The van der Waals surface area contributed by atoms with Crippen LogP contribution >= 0.6 is 23.2 Å². The summed E-state index contributed by atoms with van der Waals surface area (Å²) >= 11 is 12.0. The molecule has 6 heteroatoms. The number of rotatable bonds is 5. The SMILES string of the molecule is CN(CCC(=O)Nc1c(Cl)cccc1Cl)C1CNC1. The van der Waals surface area contributed by atoms with Gasteiger partial charge in [-0.25, -0.2) is 0 Å². The van der Waals surface area contributed by atoms with Gasteiger partial charge in [0, 0.05) is 32.1 Å². The molecule has 0 aromatic heterocycles. The Bertz CT molecular complexity index is 443. The molecule has 1 aromatic carbocycles. The number of amides is 1. The Balaban J connectivity index is 1.83. The molecule has 0 radical (unpaired) electrons. The van der Waals surface area contributed by atoms with E-state index in [9.17, 15) is 4.79 Å². The first-order valence-electron chi connectivity index (χ1n) is 6.22. The molecule has 1 fully saturated rings. The van der Waals surface area contributed by atoms with E-state index in [1.165, 1.54) is 0 Å². The lowest BCUT2D eigenvalue weighted by Gasteiger charge is -2.35. The minimum Gasteiger partial charge on any atom is -0.324 e. The van der Waals surface area contributed by atoms with Crippen LogP contribution in [0.4, 0.5) is 5.69 Å². The van der Waals surface area contributed by atoms with Crippen LogP contribution in [0.1, 0.15) is 6.42 Å². The molecule has 4 nitrogen and oxygen atoms in total. The maximum atomic E-state index is 11.9. The lowest BCUT2D eigenvalue weighted by atomic mass is 10.1. The van der Waals surface area contributed by atoms with E-state index in [4.69, 9.17) is 23.2 Å². The number of nitrogens with one attached hydrogen (secondary N) is 2. The van der Waals surface area contributed by atoms with E-state index in [1.54, 1.807) is 18.2 Å². The van der Waals surface area contributed by atoms with Crippen molar-refractivity contribution in [1.29, 1.82) is 0 Å². The van der Waals surface area contributed by atoms with Crippen molar-refractivity contribution in [1.82, 2.24) is 10.2 Å². The lowest BCUT2D eigenvalue weighted by molar-refractivity contribution is -0.116. The van der Waals surface area contributed by atoms with Crippen molar-refractivity contribution in [3.05, 3.63) is 28.2 Å². The molecule has 1 amide bonds. The zero-order chi connectivity index (χ0) is 13.8. The molecular weight excluding hydrogens is 285 g/mol. The number of hydrogen-bond acceptors (Lipinski definition) is 3. The zero-order valence-corrected chi connectivity index (χ0v) is 12.3. The number of carbonyl (C=O) groups is 1. The molecule has 2 N–H and O–H groups in total. The average molecular weight is 302 g/mol. The number of halogens is 2. The molecule has 1 aliphatic rings. The predicted molar refractivity (Wildman–Crippen MR) is 79.0 cm³/mol. The van der Waals surface area contributed by atoms with Crippen LogP contribution in [0, 0.1) is 0 Å². The second-order valence-electron chi connectivity index (χ2n) is 4.69. The van der Waals surface area contributed by atoms with Gasteiger partial charge in [0.25, 0.3) is 0 Å². The third kappa shape index (κ3) is 3.83. The van der Waals surface area contributed by atoms with E-state index in [-0.39, 0.29) is 5.91 Å². The summed E-state index contributed by atoms with van der Waals surface area (Å²) in [6, 6.07) is 5.69. The van der Waals surface area contributed by atoms with Crippen molar-refractivity contribution < 1.29 is 4.79 Å². The van der Waals surface area contributed by atoms with Gasteiger partial charge in [-0.15, -0.1) is 0 Å². The van der Waals surface area contributed by atoms with Crippen LogP contribution in [-0.4, -0.2) is 43.5 Å². The van der Waals surface area contributed by atoms with Crippen molar-refractivity contribution in [2.75, 3.05) is 32.0 Å². The second-order valence-corrected chi connectivity index (χ2v) is 5.50. The molecule has 1 aromatic rings. The quantitative estimate of drug-likeness (QED) is 0.876. The van der Waals surface area contributed by atoms with Crippen LogP contribution in [0.5, 0.6) is 0 Å². The van der Waals surface area contributed by atoms with E-state index in [0.717, 1.165) is 19.6 Å². The van der Waals surface area contributed by atoms with E-state index >= 15 is 0 Å². The van der Waals surface area contributed by atoms with E-state index < -0.39 is 0 Å². The highest BCUT2D eigenvalue weighted by molar-refractivity contribution is 6.39. The van der Waals surface area contributed by atoms with Crippen molar-refractivity contribution in [3.63, 3.8) is 0 Å². The summed E-state index contributed by atoms with van der Waals surface area (Å²) < 4.78 is 0. The van der Waals surface area contributed by atoms with Gasteiger partial charge in [-0.3, -0.25) is 4.79 Å². The van der Waals surface area contributed by atoms with Crippen LogP contribution in [0.3, 0.4) is 0 Å². The maximum Gasteiger partial charge on any atom is 0.225 e. The van der Waals surface area contributed by atoms with Gasteiger partial charge in [-0.2, -0.15) is 0 Å². The monoisotopic (exact) mass is 301 g/mol. The molecule has 1 aliphatic heterocycles. The smallest absolute Gasteiger partial charge is 0.225 e. The Labute approximate surface area is 123 Å². The number of carbonyl (C=O) groups excluding carboxylic acids is 1. The summed E-state index contributed by atoms with van der Waals surface area (Å²) in [5.74, 6) is -0.0749. The van der Waals surface area contributed by atoms with Gasteiger partial charge in [0.05, 0.1) is 15.7 Å². The highest BCUT2D eigenvalue weighted by Crippen LogP contribution is 2.29. The number of likely N-dealkylation sites (N-methyl/N-ethyl adjacent to an activating group) is 1. The van der Waals surface area contributed by atoms with Crippen LogP contribution in [0.25, 0.3) is 0 Å². The molecule has 1 saturated heterocycles. The fraction of sp³-hybridized carbons (Fsp3) is 0.462. The van der Waals surface area contributed by atoms with Crippen LogP contribution < -0.4 is 10.6 Å². The molecular formula is C13H17Cl2N3O. The topological polar surface area (TPSA) is 44.4 Å². The minimum atomic E-state index is -0.0749. The molecule has 0 unspecified atom stereocenters. The van der Waals surface area contributed by atoms with Gasteiger partial charge in [-0.1, -0.05) is 29.3 Å². The van der Waals surface area contributed by atoms with Crippen LogP contribution in [0.15, 0.2) is 18.2 Å². The lowest BCUT2D eigenvalue weighted by Crippen LogP contribution is -2.56. The second kappa shape index (κ2) is 6.57. The van der Waals surface area contributed by atoms with E-state index in [2.05, 4.69) is 15.5 Å². The molecule has 0 atom stereocenters. The number of nitrogens with zero attached hydrogens (tertiary/aromatic N) is 1. The Morgan fingerprint density at radius 2 is 2.05 bits per heavy atom. The standard InChI is InChI=1S/C13H17Cl2N3O/c1-18(9-7-16-8-9)6-5-12(19)17-13-10(14)3-2-4-11(13)15/h2-4,9,16H,5-8H2,1H3,(H,17,19). The third-order valence-corrected chi connectivity index (χ3v) is 3.93. The Hall–Kier alpha value is -0.810. The summed E-state index contributed by atoms with van der Waals surface area (Å²) in [4.78, 5) is 14.1. The Kier molecular flexibility index (Phi) is 5.05. The van der Waals surface area contributed by atoms with Crippen LogP contribution in [-0.2, 0) is 4.79 Å². The molecule has 0 bridgehead atoms.